The lowest BCUT2D eigenvalue weighted by molar-refractivity contribution is -0.192. The van der Waals surface area contributed by atoms with Crippen molar-refractivity contribution in [3.8, 4) is 11.1 Å². The fraction of sp³-hybridized carbons (Fsp3) is 0.344. The number of anilines is 1. The summed E-state index contributed by atoms with van der Waals surface area (Å²) in [5, 5.41) is 25.6. The van der Waals surface area contributed by atoms with Crippen LogP contribution in [0.15, 0.2) is 79.0 Å². The van der Waals surface area contributed by atoms with Gasteiger partial charge in [0.1, 0.15) is 11.9 Å². The van der Waals surface area contributed by atoms with Crippen LogP contribution in [0.25, 0.3) is 11.1 Å². The van der Waals surface area contributed by atoms with Gasteiger partial charge in [-0.25, -0.2) is 9.78 Å². The molecule has 46 heavy (non-hydrogen) atoms. The Kier molecular flexibility index (Phi) is 16.1. The lowest BCUT2D eigenvalue weighted by Gasteiger charge is -2.23. The second-order valence-electron chi connectivity index (χ2n) is 9.95. The van der Waals surface area contributed by atoms with E-state index >= 15 is 0 Å². The number of amides is 2. The summed E-state index contributed by atoms with van der Waals surface area (Å²) in [7, 11) is 0. The Morgan fingerprint density at radius 2 is 1.50 bits per heavy atom. The van der Waals surface area contributed by atoms with Crippen LogP contribution < -0.4 is 16.0 Å². The van der Waals surface area contributed by atoms with Gasteiger partial charge in [0.05, 0.1) is 12.5 Å². The van der Waals surface area contributed by atoms with E-state index in [1.807, 2.05) is 79.1 Å². The number of pyridine rings is 1. The number of aliphatic carboxylic acids is 2. The largest absolute Gasteiger partial charge is 0.490 e. The Morgan fingerprint density at radius 3 is 2.07 bits per heavy atom. The minimum atomic E-state index is -5.08. The van der Waals surface area contributed by atoms with Crippen molar-refractivity contribution < 1.29 is 42.6 Å². The van der Waals surface area contributed by atoms with Gasteiger partial charge in [-0.3, -0.25) is 14.4 Å². The summed E-state index contributed by atoms with van der Waals surface area (Å²) in [6.07, 6.45) is 0.508. The van der Waals surface area contributed by atoms with Crippen molar-refractivity contribution >= 4 is 41.3 Å². The summed E-state index contributed by atoms with van der Waals surface area (Å²) < 4.78 is 31.7. The van der Waals surface area contributed by atoms with Crippen LogP contribution in [0.1, 0.15) is 43.7 Å². The van der Waals surface area contributed by atoms with E-state index in [1.165, 1.54) is 0 Å². The SMILES string of the molecule is CSCC[C@H](NC(=O)CCCCNc1ccccn1)C(=O)NC(CC(=O)O)c1ccc(-c2ccccc2)cc1.O=C(O)C(F)(F)F. The Labute approximate surface area is 269 Å². The van der Waals surface area contributed by atoms with Crippen LogP contribution in [0.2, 0.25) is 0 Å². The zero-order chi connectivity index (χ0) is 34.0. The first kappa shape index (κ1) is 37.6. The molecule has 1 unspecified atom stereocenters. The lowest BCUT2D eigenvalue weighted by atomic mass is 9.98. The van der Waals surface area contributed by atoms with Gasteiger partial charge in [0, 0.05) is 19.2 Å². The van der Waals surface area contributed by atoms with Gasteiger partial charge >= 0.3 is 18.1 Å². The fourth-order valence-corrected chi connectivity index (χ4v) is 4.57. The number of hydrogen-bond donors (Lipinski definition) is 5. The summed E-state index contributed by atoms with van der Waals surface area (Å²) >= 11 is 1.58. The summed E-state index contributed by atoms with van der Waals surface area (Å²) in [6.45, 7) is 0.695. The number of halogens is 3. The van der Waals surface area contributed by atoms with Crippen molar-refractivity contribution in [3.05, 3.63) is 84.6 Å². The lowest BCUT2D eigenvalue weighted by Crippen LogP contribution is -2.48. The van der Waals surface area contributed by atoms with Gasteiger partial charge in [-0.05, 0) is 60.1 Å². The van der Waals surface area contributed by atoms with Crippen molar-refractivity contribution in [2.75, 3.05) is 23.9 Å². The molecule has 2 aromatic carbocycles. The van der Waals surface area contributed by atoms with Crippen LogP contribution in [0, 0.1) is 0 Å². The molecule has 0 bridgehead atoms. The average molecular weight is 663 g/mol. The third-order valence-electron chi connectivity index (χ3n) is 6.42. The van der Waals surface area contributed by atoms with Crippen LogP contribution >= 0.6 is 11.8 Å². The number of nitrogens with one attached hydrogen (secondary N) is 3. The number of unbranched alkanes of at least 4 members (excludes halogenated alkanes) is 1. The Balaban J connectivity index is 0.000000942. The predicted molar refractivity (Wildman–Crippen MR) is 170 cm³/mol. The highest BCUT2D eigenvalue weighted by atomic mass is 32.2. The van der Waals surface area contributed by atoms with Crippen LogP contribution in [-0.4, -0.2) is 69.7 Å². The first-order chi connectivity index (χ1) is 21.9. The van der Waals surface area contributed by atoms with Crippen LogP contribution in [0.3, 0.4) is 0 Å². The molecule has 0 aliphatic carbocycles. The number of nitrogens with zero attached hydrogens (tertiary/aromatic N) is 1. The molecule has 3 aromatic rings. The Hall–Kier alpha value is -4.59. The molecule has 0 aliphatic rings. The molecule has 14 heteroatoms. The molecule has 0 saturated heterocycles. The van der Waals surface area contributed by atoms with E-state index in [0.29, 0.717) is 37.1 Å². The Bertz CT molecular complexity index is 1380. The highest BCUT2D eigenvalue weighted by Crippen LogP contribution is 2.24. The van der Waals surface area contributed by atoms with E-state index in [1.54, 1.807) is 18.0 Å². The van der Waals surface area contributed by atoms with Gasteiger partial charge in [0.2, 0.25) is 11.8 Å². The summed E-state index contributed by atoms with van der Waals surface area (Å²) in [6, 6.07) is 21.6. The zero-order valence-corrected chi connectivity index (χ0v) is 25.9. The number of hydrogen-bond acceptors (Lipinski definition) is 7. The van der Waals surface area contributed by atoms with Gasteiger partial charge in [-0.15, -0.1) is 0 Å². The maximum Gasteiger partial charge on any atom is 0.490 e. The first-order valence-corrected chi connectivity index (χ1v) is 15.7. The molecule has 10 nitrogen and oxygen atoms in total. The number of alkyl halides is 3. The number of thioether (sulfide) groups is 1. The van der Waals surface area contributed by atoms with Gasteiger partial charge in [-0.2, -0.15) is 24.9 Å². The number of carbonyl (C=O) groups excluding carboxylic acids is 2. The fourth-order valence-electron chi connectivity index (χ4n) is 4.10. The molecule has 0 spiro atoms. The summed E-state index contributed by atoms with van der Waals surface area (Å²) in [5.74, 6) is -2.88. The summed E-state index contributed by atoms with van der Waals surface area (Å²) in [5.41, 5.74) is 2.75. The smallest absolute Gasteiger partial charge is 0.481 e. The van der Waals surface area contributed by atoms with E-state index in [2.05, 4.69) is 20.9 Å². The second kappa shape index (κ2) is 19.7. The van der Waals surface area contributed by atoms with Gasteiger partial charge in [-0.1, -0.05) is 60.7 Å². The number of aromatic nitrogens is 1. The second-order valence-corrected chi connectivity index (χ2v) is 10.9. The molecule has 248 valence electrons. The Morgan fingerprint density at radius 1 is 0.870 bits per heavy atom. The number of benzene rings is 2. The quantitative estimate of drug-likeness (QED) is 0.124. The van der Waals surface area contributed by atoms with Gasteiger partial charge in [0.25, 0.3) is 0 Å². The zero-order valence-electron chi connectivity index (χ0n) is 25.1. The van der Waals surface area contributed by atoms with Crippen LogP contribution in [0.4, 0.5) is 19.0 Å². The van der Waals surface area contributed by atoms with Crippen molar-refractivity contribution in [1.29, 1.82) is 0 Å². The third-order valence-corrected chi connectivity index (χ3v) is 7.07. The minimum absolute atomic E-state index is 0.198. The van der Waals surface area contributed by atoms with E-state index in [0.717, 1.165) is 23.4 Å². The van der Waals surface area contributed by atoms with Gasteiger partial charge < -0.3 is 26.2 Å². The topological polar surface area (TPSA) is 158 Å². The molecule has 2 amide bonds. The highest BCUT2D eigenvalue weighted by molar-refractivity contribution is 7.98. The molecular weight excluding hydrogens is 625 g/mol. The molecule has 5 N–H and O–H groups in total. The van der Waals surface area contributed by atoms with E-state index < -0.39 is 30.2 Å². The van der Waals surface area contributed by atoms with Crippen LogP contribution in [-0.2, 0) is 19.2 Å². The van der Waals surface area contributed by atoms with Crippen LogP contribution in [0.5, 0.6) is 0 Å². The molecule has 2 atom stereocenters. The third kappa shape index (κ3) is 14.5. The van der Waals surface area contributed by atoms with Crippen molar-refractivity contribution in [3.63, 3.8) is 0 Å². The minimum Gasteiger partial charge on any atom is -0.481 e. The molecular formula is C32H37F3N4O6S. The van der Waals surface area contributed by atoms with Crippen molar-refractivity contribution in [2.45, 2.75) is 50.4 Å². The maximum absolute atomic E-state index is 13.2. The predicted octanol–water partition coefficient (Wildman–Crippen LogP) is 5.53. The normalized spacial score (nSPS) is 12.1. The van der Waals surface area contributed by atoms with Gasteiger partial charge in [0.15, 0.2) is 0 Å². The summed E-state index contributed by atoms with van der Waals surface area (Å²) in [4.78, 5) is 50.6. The number of carboxylic acid groups (broad SMARTS) is 2. The number of carbonyl (C=O) groups is 4. The van der Waals surface area contributed by atoms with E-state index in [4.69, 9.17) is 9.90 Å². The standard InChI is InChI=1S/C30H36N4O4S.C2HF3O2/c1-39-20-17-25(33-28(35)12-6-8-19-32-27-11-5-7-18-31-27)30(38)34-26(21-29(36)37)24-15-13-23(14-16-24)22-9-3-2-4-10-22;3-2(4,5)1(6)7/h2-5,7,9-11,13-16,18,25-26H,6,8,12,17,19-21H2,1H3,(H,31,32)(H,33,35)(H,34,38)(H,36,37);(H,6,7)/t25-,26?;/m0./s1. The molecule has 0 saturated carbocycles. The molecule has 0 fully saturated rings. The first-order valence-electron chi connectivity index (χ1n) is 14.3. The molecule has 0 aliphatic heterocycles. The van der Waals surface area contributed by atoms with Crippen molar-refractivity contribution in [1.82, 2.24) is 15.6 Å². The number of carboxylic acids is 2. The maximum atomic E-state index is 13.2. The van der Waals surface area contributed by atoms with Crippen molar-refractivity contribution in [2.24, 2.45) is 0 Å². The molecule has 0 radical (unpaired) electrons. The average Bonchev–Trinajstić information content (AvgIpc) is 3.03. The molecule has 1 aromatic heterocycles. The van der Waals surface area contributed by atoms with E-state index in [-0.39, 0.29) is 18.2 Å². The molecule has 3 rings (SSSR count). The monoisotopic (exact) mass is 662 g/mol. The highest BCUT2D eigenvalue weighted by Gasteiger charge is 2.38. The number of rotatable bonds is 16. The molecule has 1 heterocycles. The van der Waals surface area contributed by atoms with E-state index in [9.17, 15) is 32.7 Å².